The van der Waals surface area contributed by atoms with Crippen LogP contribution < -0.4 is 4.74 Å². The van der Waals surface area contributed by atoms with Crippen molar-refractivity contribution in [2.45, 2.75) is 13.8 Å². The third-order valence-corrected chi connectivity index (χ3v) is 3.62. The molecule has 2 aromatic rings. The minimum absolute atomic E-state index is 0.0575. The van der Waals surface area contributed by atoms with Gasteiger partial charge < -0.3 is 4.74 Å². The highest BCUT2D eigenvalue weighted by Crippen LogP contribution is 2.23. The Morgan fingerprint density at radius 1 is 1.24 bits per heavy atom. The molecule has 3 heteroatoms. The monoisotopic (exact) mass is 246 g/mol. The van der Waals surface area contributed by atoms with E-state index in [1.165, 1.54) is 0 Å². The third-order valence-electron chi connectivity index (χ3n) is 2.77. The van der Waals surface area contributed by atoms with E-state index in [9.17, 15) is 4.79 Å². The Bertz CT molecular complexity index is 555. The molecule has 2 rings (SSSR count). The van der Waals surface area contributed by atoms with Gasteiger partial charge in [0.05, 0.1) is 7.11 Å². The van der Waals surface area contributed by atoms with Crippen molar-refractivity contribution in [1.29, 1.82) is 0 Å². The van der Waals surface area contributed by atoms with Crippen LogP contribution in [0.5, 0.6) is 5.75 Å². The molecule has 0 N–H and O–H groups in total. The minimum Gasteiger partial charge on any atom is -0.496 e. The average Bonchev–Trinajstić information content (AvgIpc) is 2.75. The van der Waals surface area contributed by atoms with E-state index < -0.39 is 0 Å². The number of ether oxygens (including phenoxy) is 1. The van der Waals surface area contributed by atoms with Gasteiger partial charge in [0.25, 0.3) is 0 Å². The Morgan fingerprint density at radius 2 is 2.00 bits per heavy atom. The van der Waals surface area contributed by atoms with Crippen LogP contribution >= 0.6 is 11.3 Å². The molecule has 0 amide bonds. The summed E-state index contributed by atoms with van der Waals surface area (Å²) < 4.78 is 5.23. The van der Waals surface area contributed by atoms with Crippen molar-refractivity contribution >= 4 is 17.1 Å². The summed E-state index contributed by atoms with van der Waals surface area (Å²) in [7, 11) is 1.62. The number of carbonyl (C=O) groups excluding carboxylic acids is 1. The molecule has 0 spiro atoms. The first-order valence-corrected chi connectivity index (χ1v) is 6.25. The lowest BCUT2D eigenvalue weighted by Gasteiger charge is -2.06. The zero-order valence-corrected chi connectivity index (χ0v) is 10.9. The molecule has 0 saturated heterocycles. The summed E-state index contributed by atoms with van der Waals surface area (Å²) in [5.41, 5.74) is 2.49. The fraction of sp³-hybridized carbons (Fsp3) is 0.214. The molecule has 0 bridgehead atoms. The van der Waals surface area contributed by atoms with Gasteiger partial charge in [-0.1, -0.05) is 12.1 Å². The molecule has 1 heterocycles. The van der Waals surface area contributed by atoms with Crippen molar-refractivity contribution in [2.24, 2.45) is 0 Å². The Hall–Kier alpha value is -1.61. The second-order valence-corrected chi connectivity index (χ2v) is 5.02. The second-order valence-electron chi connectivity index (χ2n) is 3.90. The molecule has 1 aromatic carbocycles. The summed E-state index contributed by atoms with van der Waals surface area (Å²) in [5.74, 6) is 0.811. The van der Waals surface area contributed by atoms with E-state index in [1.807, 2.05) is 37.4 Å². The summed E-state index contributed by atoms with van der Waals surface area (Å²) in [6.07, 6.45) is 0. The summed E-state index contributed by atoms with van der Waals surface area (Å²) >= 11 is 1.59. The Morgan fingerprint density at radius 3 is 2.59 bits per heavy atom. The smallest absolute Gasteiger partial charge is 0.194 e. The summed E-state index contributed by atoms with van der Waals surface area (Å²) in [4.78, 5) is 13.3. The molecular weight excluding hydrogens is 232 g/mol. The maximum absolute atomic E-state index is 12.3. The molecule has 0 unspecified atom stereocenters. The zero-order valence-electron chi connectivity index (χ0n) is 10.1. The molecular formula is C14H14O2S. The minimum atomic E-state index is 0.0575. The van der Waals surface area contributed by atoms with Crippen molar-refractivity contribution in [3.05, 3.63) is 51.2 Å². The number of thiophene rings is 1. The molecule has 88 valence electrons. The lowest BCUT2D eigenvalue weighted by atomic mass is 10.0. The van der Waals surface area contributed by atoms with Crippen LogP contribution in [0.2, 0.25) is 0 Å². The number of benzene rings is 1. The van der Waals surface area contributed by atoms with Crippen LogP contribution in [-0.4, -0.2) is 12.9 Å². The van der Waals surface area contributed by atoms with Crippen LogP contribution in [0.3, 0.4) is 0 Å². The van der Waals surface area contributed by atoms with Crippen molar-refractivity contribution in [3.8, 4) is 5.75 Å². The van der Waals surface area contributed by atoms with Crippen molar-refractivity contribution in [1.82, 2.24) is 0 Å². The van der Waals surface area contributed by atoms with Crippen LogP contribution in [0.1, 0.15) is 26.4 Å². The maximum Gasteiger partial charge on any atom is 0.194 e. The highest BCUT2D eigenvalue weighted by atomic mass is 32.1. The fourth-order valence-electron chi connectivity index (χ4n) is 1.74. The lowest BCUT2D eigenvalue weighted by molar-refractivity contribution is 0.103. The van der Waals surface area contributed by atoms with Crippen molar-refractivity contribution < 1.29 is 9.53 Å². The van der Waals surface area contributed by atoms with Crippen LogP contribution in [0.15, 0.2) is 29.6 Å². The van der Waals surface area contributed by atoms with E-state index in [4.69, 9.17) is 4.74 Å². The van der Waals surface area contributed by atoms with E-state index in [-0.39, 0.29) is 5.78 Å². The number of methoxy groups -OCH3 is 1. The number of hydrogen-bond donors (Lipinski definition) is 0. The van der Waals surface area contributed by atoms with Gasteiger partial charge in [-0.25, -0.2) is 0 Å². The standard InChI is InChI=1S/C14H14O2S/c1-9-4-5-11(8-13(9)16-3)14(15)12-6-7-17-10(12)2/h4-8H,1-3H3. The number of ketones is 1. The van der Waals surface area contributed by atoms with Crippen LogP contribution in [0, 0.1) is 13.8 Å². The molecule has 0 atom stereocenters. The first-order valence-electron chi connectivity index (χ1n) is 5.37. The lowest BCUT2D eigenvalue weighted by Crippen LogP contribution is -2.02. The van der Waals surface area contributed by atoms with Crippen LogP contribution in [0.25, 0.3) is 0 Å². The number of aryl methyl sites for hydroxylation is 2. The molecule has 17 heavy (non-hydrogen) atoms. The highest BCUT2D eigenvalue weighted by molar-refractivity contribution is 7.10. The first-order chi connectivity index (χ1) is 8.13. The Balaban J connectivity index is 2.41. The van der Waals surface area contributed by atoms with Gasteiger partial charge in [0.15, 0.2) is 5.78 Å². The fourth-order valence-corrected chi connectivity index (χ4v) is 2.43. The van der Waals surface area contributed by atoms with Gasteiger partial charge in [0.1, 0.15) is 5.75 Å². The van der Waals surface area contributed by atoms with Crippen LogP contribution in [-0.2, 0) is 0 Å². The number of rotatable bonds is 3. The zero-order chi connectivity index (χ0) is 12.4. The summed E-state index contributed by atoms with van der Waals surface area (Å²) in [6.45, 7) is 3.92. The van der Waals surface area contributed by atoms with E-state index in [2.05, 4.69) is 0 Å². The van der Waals surface area contributed by atoms with E-state index in [0.29, 0.717) is 5.56 Å². The quantitative estimate of drug-likeness (QED) is 0.773. The number of carbonyl (C=O) groups is 1. The topological polar surface area (TPSA) is 26.3 Å². The number of hydrogen-bond acceptors (Lipinski definition) is 3. The molecule has 2 nitrogen and oxygen atoms in total. The van der Waals surface area contributed by atoms with Crippen molar-refractivity contribution in [3.63, 3.8) is 0 Å². The molecule has 0 radical (unpaired) electrons. The van der Waals surface area contributed by atoms with Gasteiger partial charge in [0.2, 0.25) is 0 Å². The van der Waals surface area contributed by atoms with E-state index >= 15 is 0 Å². The van der Waals surface area contributed by atoms with Gasteiger partial charge in [-0.2, -0.15) is 0 Å². The Kier molecular flexibility index (Phi) is 3.29. The maximum atomic E-state index is 12.3. The molecule has 0 aliphatic rings. The average molecular weight is 246 g/mol. The van der Waals surface area contributed by atoms with Gasteiger partial charge in [-0.3, -0.25) is 4.79 Å². The predicted molar refractivity (Wildman–Crippen MR) is 70.2 cm³/mol. The van der Waals surface area contributed by atoms with Crippen molar-refractivity contribution in [2.75, 3.05) is 7.11 Å². The van der Waals surface area contributed by atoms with Gasteiger partial charge in [0, 0.05) is 16.0 Å². The largest absolute Gasteiger partial charge is 0.496 e. The Labute approximate surface area is 105 Å². The molecule has 1 aromatic heterocycles. The molecule has 0 aliphatic heterocycles. The van der Waals surface area contributed by atoms with E-state index in [1.54, 1.807) is 24.5 Å². The third kappa shape index (κ3) is 2.24. The SMILES string of the molecule is COc1cc(C(=O)c2ccsc2C)ccc1C. The second kappa shape index (κ2) is 4.72. The predicted octanol–water partition coefficient (Wildman–Crippen LogP) is 3.60. The highest BCUT2D eigenvalue weighted by Gasteiger charge is 2.13. The van der Waals surface area contributed by atoms with E-state index in [0.717, 1.165) is 21.8 Å². The molecule has 0 fully saturated rings. The van der Waals surface area contributed by atoms with Crippen LogP contribution in [0.4, 0.5) is 0 Å². The molecule has 0 saturated carbocycles. The summed E-state index contributed by atoms with van der Waals surface area (Å²) in [6, 6.07) is 7.43. The van der Waals surface area contributed by atoms with Gasteiger partial charge >= 0.3 is 0 Å². The molecule has 0 aliphatic carbocycles. The first kappa shape index (κ1) is 11.9. The summed E-state index contributed by atoms with van der Waals surface area (Å²) in [5, 5.41) is 1.94. The van der Waals surface area contributed by atoms with Gasteiger partial charge in [-0.15, -0.1) is 11.3 Å². The normalized spacial score (nSPS) is 10.3. The van der Waals surface area contributed by atoms with Gasteiger partial charge in [-0.05, 0) is 36.9 Å².